The normalized spacial score (nSPS) is 8.24. The van der Waals surface area contributed by atoms with Gasteiger partial charge in [-0.25, -0.2) is 29.9 Å². The molecule has 0 atom stereocenters. The van der Waals surface area contributed by atoms with Crippen LogP contribution in [0.5, 0.6) is 17.2 Å². The van der Waals surface area contributed by atoms with Crippen LogP contribution >= 0.6 is 11.6 Å². The summed E-state index contributed by atoms with van der Waals surface area (Å²) < 4.78 is 11.0. The molecule has 0 radical (unpaired) electrons. The minimum absolute atomic E-state index is 0. The number of halogens is 1. The summed E-state index contributed by atoms with van der Waals surface area (Å²) in [6.45, 7) is 5.36. The lowest BCUT2D eigenvalue weighted by molar-refractivity contribution is 0.287. The van der Waals surface area contributed by atoms with Crippen LogP contribution in [0, 0.1) is 0 Å². The molecule has 0 saturated carbocycles. The van der Waals surface area contributed by atoms with Crippen molar-refractivity contribution in [1.29, 1.82) is 0 Å². The van der Waals surface area contributed by atoms with E-state index in [0.717, 1.165) is 24.0 Å². The Hall–Kier alpha value is -5.15. The molecule has 3 heterocycles. The molecule has 15 heteroatoms. The van der Waals surface area contributed by atoms with Crippen LogP contribution in [0.1, 0.15) is 74.9 Å². The molecule has 7 N–H and O–H groups in total. The molecular formula is C40H70ClN9O5. The summed E-state index contributed by atoms with van der Waals surface area (Å²) >= 11 is 5.55. The molecule has 0 amide bonds. The largest absolute Gasteiger partial charge is 0.505 e. The van der Waals surface area contributed by atoms with Gasteiger partial charge in [0.05, 0.1) is 37.2 Å². The first-order valence-corrected chi connectivity index (χ1v) is 16.1. The fourth-order valence-electron chi connectivity index (χ4n) is 2.99. The number of nitrogens with zero attached hydrogens (tertiary/aromatic N) is 6. The molecule has 5 rings (SSSR count). The average molecular weight is 793 g/mol. The molecule has 55 heavy (non-hydrogen) atoms. The first-order chi connectivity index (χ1) is 24.4. The number of aromatic hydroxyl groups is 1. The highest BCUT2D eigenvalue weighted by Crippen LogP contribution is 2.12. The van der Waals surface area contributed by atoms with Crippen LogP contribution in [0.25, 0.3) is 0 Å². The van der Waals surface area contributed by atoms with E-state index in [4.69, 9.17) is 36.4 Å². The van der Waals surface area contributed by atoms with E-state index in [1.54, 1.807) is 45.8 Å². The van der Waals surface area contributed by atoms with Crippen LogP contribution in [0.15, 0.2) is 97.8 Å². The van der Waals surface area contributed by atoms with Crippen molar-refractivity contribution in [2.75, 3.05) is 45.0 Å². The number of aromatic nitrogens is 6. The Bertz CT molecular complexity index is 1440. The van der Waals surface area contributed by atoms with Gasteiger partial charge in [0.1, 0.15) is 13.2 Å². The van der Waals surface area contributed by atoms with E-state index in [1.807, 2.05) is 60.7 Å². The molecule has 0 spiro atoms. The predicted octanol–water partition coefficient (Wildman–Crippen LogP) is 8.56. The number of ether oxygens (including phenoxy) is 2. The molecule has 3 aromatic heterocycles. The minimum atomic E-state index is 0. The number of nitrogens with two attached hydrogens (primary N) is 1. The second kappa shape index (κ2) is 43.3. The standard InChI is InChI=1S/C12H13N3O.C11H9ClN2O.C5H7N3O.C4H10O.C2H6O.CH5N.5CH4/c1-13-12-14-7-11(8-15-12)16-9-10-5-3-2-4-6-10;12-11-13-6-10(7-14-11)15-8-9-4-2-1-3-5-9;1-6-5-7-2-4(9)3-8-5;1-2-3-4-5;1-2-3;1-2;;;;;/h2-8H,9H2,1H3,(H,13,14,15);1-7H,8H2;2-3,9H,1H3,(H,6,7,8);5H,2-4H2,1H3;3H,2H2,1H3;2H2,1H3;5*1H4. The van der Waals surface area contributed by atoms with E-state index in [9.17, 15) is 0 Å². The summed E-state index contributed by atoms with van der Waals surface area (Å²) in [7, 11) is 4.99. The van der Waals surface area contributed by atoms with E-state index in [0.29, 0.717) is 43.2 Å². The number of aliphatic hydroxyl groups excluding tert-OH is 2. The van der Waals surface area contributed by atoms with Gasteiger partial charge in [-0.15, -0.1) is 0 Å². The highest BCUT2D eigenvalue weighted by molar-refractivity contribution is 6.28. The first kappa shape index (κ1) is 61.9. The van der Waals surface area contributed by atoms with Gasteiger partial charge in [-0.1, -0.05) is 111 Å². The molecule has 0 unspecified atom stereocenters. The third kappa shape index (κ3) is 33.2. The summed E-state index contributed by atoms with van der Waals surface area (Å²) in [5.74, 6) is 2.46. The molecule has 0 aliphatic rings. The molecule has 312 valence electrons. The number of benzene rings is 2. The topological polar surface area (TPSA) is 207 Å². The van der Waals surface area contributed by atoms with Gasteiger partial charge >= 0.3 is 0 Å². The smallest absolute Gasteiger partial charge is 0.222 e. The molecule has 2 aromatic carbocycles. The van der Waals surface area contributed by atoms with E-state index in [1.165, 1.54) is 19.4 Å². The third-order valence-corrected chi connectivity index (χ3v) is 5.51. The number of anilines is 2. The highest BCUT2D eigenvalue weighted by atomic mass is 35.5. The van der Waals surface area contributed by atoms with E-state index >= 15 is 0 Å². The Labute approximate surface area is 336 Å². The van der Waals surface area contributed by atoms with Gasteiger partial charge in [-0.2, -0.15) is 0 Å². The van der Waals surface area contributed by atoms with Gasteiger partial charge in [0.2, 0.25) is 17.2 Å². The Morgan fingerprint density at radius 3 is 1.22 bits per heavy atom. The number of aliphatic hydroxyl groups is 2. The molecule has 0 bridgehead atoms. The highest BCUT2D eigenvalue weighted by Gasteiger charge is 1.98. The molecule has 0 aliphatic heterocycles. The molecule has 0 saturated heterocycles. The summed E-state index contributed by atoms with van der Waals surface area (Å²) in [6, 6.07) is 19.9. The van der Waals surface area contributed by atoms with E-state index in [-0.39, 0.29) is 54.8 Å². The maximum atomic E-state index is 8.70. The van der Waals surface area contributed by atoms with Crippen LogP contribution in [0.3, 0.4) is 0 Å². The molecule has 0 fully saturated rings. The zero-order chi connectivity index (χ0) is 37.2. The Morgan fingerprint density at radius 2 is 0.927 bits per heavy atom. The van der Waals surface area contributed by atoms with Crippen molar-refractivity contribution in [3.8, 4) is 17.2 Å². The summed E-state index contributed by atoms with van der Waals surface area (Å²) in [5, 5.41) is 30.1. The van der Waals surface area contributed by atoms with Crippen LogP contribution < -0.4 is 25.8 Å². The SMILES string of the molecule is C.C.C.C.C.CCCCO.CCO.CN.CNc1ncc(O)cn1.CNc1ncc(OCc2ccccc2)cn1.Clc1ncc(OCc2ccccc2)cn1. The molecular weight excluding hydrogens is 722 g/mol. The van der Waals surface area contributed by atoms with Gasteiger partial charge in [0.15, 0.2) is 17.2 Å². The van der Waals surface area contributed by atoms with Crippen molar-refractivity contribution >= 4 is 23.5 Å². The Morgan fingerprint density at radius 1 is 0.600 bits per heavy atom. The van der Waals surface area contributed by atoms with Crippen LogP contribution in [-0.4, -0.2) is 79.6 Å². The van der Waals surface area contributed by atoms with Crippen molar-refractivity contribution in [2.45, 2.75) is 77.0 Å². The fourth-order valence-corrected chi connectivity index (χ4v) is 3.08. The molecule has 5 aromatic rings. The summed E-state index contributed by atoms with van der Waals surface area (Å²) in [4.78, 5) is 23.2. The number of rotatable bonds is 10. The van der Waals surface area contributed by atoms with Crippen molar-refractivity contribution in [1.82, 2.24) is 29.9 Å². The fraction of sp³-hybridized carbons (Fsp3) is 0.400. The maximum absolute atomic E-state index is 8.70. The minimum Gasteiger partial charge on any atom is -0.505 e. The van der Waals surface area contributed by atoms with Crippen molar-refractivity contribution in [3.05, 3.63) is 114 Å². The summed E-state index contributed by atoms with van der Waals surface area (Å²) in [6.07, 6.45) is 11.1. The molecule has 0 aliphatic carbocycles. The van der Waals surface area contributed by atoms with Crippen LogP contribution in [0.2, 0.25) is 5.28 Å². The average Bonchev–Trinajstić information content (AvgIpc) is 3.17. The third-order valence-electron chi connectivity index (χ3n) is 5.32. The lowest BCUT2D eigenvalue weighted by Crippen LogP contribution is -1.99. The zero-order valence-corrected chi connectivity index (χ0v) is 30.0. The maximum Gasteiger partial charge on any atom is 0.222 e. The van der Waals surface area contributed by atoms with Crippen LogP contribution in [-0.2, 0) is 13.2 Å². The van der Waals surface area contributed by atoms with Crippen LogP contribution in [0.4, 0.5) is 11.9 Å². The van der Waals surface area contributed by atoms with Crippen molar-refractivity contribution < 1.29 is 24.8 Å². The monoisotopic (exact) mass is 792 g/mol. The van der Waals surface area contributed by atoms with E-state index < -0.39 is 0 Å². The molecule has 14 nitrogen and oxygen atoms in total. The van der Waals surface area contributed by atoms with Gasteiger partial charge < -0.3 is 41.2 Å². The van der Waals surface area contributed by atoms with Gasteiger partial charge in [-0.3, -0.25) is 0 Å². The lowest BCUT2D eigenvalue weighted by atomic mass is 10.2. The Kier molecular flexibility index (Phi) is 48.7. The number of unbranched alkanes of at least 4 members (excludes halogenated alkanes) is 1. The van der Waals surface area contributed by atoms with E-state index in [2.05, 4.69) is 53.2 Å². The summed E-state index contributed by atoms with van der Waals surface area (Å²) in [5.41, 5.74) is 6.73. The second-order valence-electron chi connectivity index (χ2n) is 9.14. The van der Waals surface area contributed by atoms with Gasteiger partial charge in [0.25, 0.3) is 0 Å². The Balaban J connectivity index is -0.000000143. The quantitative estimate of drug-likeness (QED) is 0.0733. The van der Waals surface area contributed by atoms with Gasteiger partial charge in [0, 0.05) is 27.3 Å². The van der Waals surface area contributed by atoms with Crippen molar-refractivity contribution in [2.24, 2.45) is 5.73 Å². The number of hydrogen-bond acceptors (Lipinski definition) is 14. The number of nitrogens with one attached hydrogen (secondary N) is 2. The second-order valence-corrected chi connectivity index (χ2v) is 9.48. The zero-order valence-electron chi connectivity index (χ0n) is 29.3. The first-order valence-electron chi connectivity index (χ1n) is 15.7. The lowest BCUT2D eigenvalue weighted by Gasteiger charge is -2.05. The van der Waals surface area contributed by atoms with Gasteiger partial charge in [-0.05, 0) is 43.1 Å². The predicted molar refractivity (Wildman–Crippen MR) is 232 cm³/mol. The number of hydrogen-bond donors (Lipinski definition) is 6. The van der Waals surface area contributed by atoms with Crippen molar-refractivity contribution in [3.63, 3.8) is 0 Å².